The predicted octanol–water partition coefficient (Wildman–Crippen LogP) is 1.42. The summed E-state index contributed by atoms with van der Waals surface area (Å²) in [4.78, 5) is 20.7. The van der Waals surface area contributed by atoms with Gasteiger partial charge in [-0.25, -0.2) is 0 Å². The van der Waals surface area contributed by atoms with Gasteiger partial charge in [-0.15, -0.1) is 0 Å². The lowest BCUT2D eigenvalue weighted by atomic mass is 10.1. The van der Waals surface area contributed by atoms with Gasteiger partial charge in [0.05, 0.1) is 0 Å². The van der Waals surface area contributed by atoms with Crippen LogP contribution in [0.5, 0.6) is 5.75 Å². The van der Waals surface area contributed by atoms with Crippen molar-refractivity contribution < 1.29 is 14.3 Å². The summed E-state index contributed by atoms with van der Waals surface area (Å²) < 4.78 is 4.55. The minimum Gasteiger partial charge on any atom is -0.429 e. The Balaban J connectivity index is 2.85. The Morgan fingerprint density at radius 3 is 2.33 bits per heavy atom. The molecule has 0 aromatic heterocycles. The Bertz CT molecular complexity index is 287. The Morgan fingerprint density at radius 1 is 1.33 bits per heavy atom. The molecule has 0 spiro atoms. The van der Waals surface area contributed by atoms with Crippen molar-refractivity contribution in [2.75, 3.05) is 0 Å². The molecule has 0 saturated carbocycles. The van der Waals surface area contributed by atoms with Gasteiger partial charge in [-0.3, -0.25) is 9.59 Å². The topological polar surface area (TPSA) is 43.4 Å². The molecule has 0 aliphatic heterocycles. The van der Waals surface area contributed by atoms with Gasteiger partial charge in [0.15, 0.2) is 5.78 Å². The van der Waals surface area contributed by atoms with Gasteiger partial charge in [0.2, 0.25) is 0 Å². The number of carbonyl (C=O) groups excluding carboxylic acids is 2. The van der Waals surface area contributed by atoms with Gasteiger partial charge in [0, 0.05) is 5.56 Å². The minimum absolute atomic E-state index is 0.00680. The molecule has 0 unspecified atom stereocenters. The first kappa shape index (κ1) is 8.46. The standard InChI is InChI=1S/C9H8O3/c1-7(11)8-2-4-9(5-3-8)12-6-10/h2-6H,1H3. The first-order chi connectivity index (χ1) is 5.74. The molecule has 1 aromatic rings. The summed E-state index contributed by atoms with van der Waals surface area (Å²) in [6.07, 6.45) is 0. The van der Waals surface area contributed by atoms with Gasteiger partial charge in [0.25, 0.3) is 6.47 Å². The van der Waals surface area contributed by atoms with E-state index in [-0.39, 0.29) is 5.78 Å². The van der Waals surface area contributed by atoms with Crippen LogP contribution in [0.15, 0.2) is 24.3 Å². The molecule has 1 rings (SSSR count). The van der Waals surface area contributed by atoms with Crippen LogP contribution in [0.1, 0.15) is 17.3 Å². The maximum atomic E-state index is 10.8. The van der Waals surface area contributed by atoms with Crippen molar-refractivity contribution in [1.29, 1.82) is 0 Å². The van der Waals surface area contributed by atoms with Crippen LogP contribution in [0.3, 0.4) is 0 Å². The highest BCUT2D eigenvalue weighted by molar-refractivity contribution is 5.94. The van der Waals surface area contributed by atoms with E-state index in [4.69, 9.17) is 0 Å². The molecule has 0 radical (unpaired) electrons. The number of carbonyl (C=O) groups is 2. The van der Waals surface area contributed by atoms with E-state index >= 15 is 0 Å². The highest BCUT2D eigenvalue weighted by atomic mass is 16.5. The molecule has 0 bridgehead atoms. The Labute approximate surface area is 70.0 Å². The Hall–Kier alpha value is -1.64. The molecular formula is C9H8O3. The van der Waals surface area contributed by atoms with Gasteiger partial charge >= 0.3 is 0 Å². The van der Waals surface area contributed by atoms with Crippen LogP contribution in [0, 0.1) is 0 Å². The molecule has 0 amide bonds. The van der Waals surface area contributed by atoms with Crippen molar-refractivity contribution in [3.63, 3.8) is 0 Å². The molecule has 0 saturated heterocycles. The summed E-state index contributed by atoms with van der Waals surface area (Å²) in [7, 11) is 0. The van der Waals surface area contributed by atoms with Gasteiger partial charge in [-0.1, -0.05) is 0 Å². The van der Waals surface area contributed by atoms with Crippen LogP contribution in [-0.4, -0.2) is 12.3 Å². The summed E-state index contributed by atoms with van der Waals surface area (Å²) in [6, 6.07) is 6.37. The number of ketones is 1. The minimum atomic E-state index is -0.00680. The van der Waals surface area contributed by atoms with E-state index in [1.807, 2.05) is 0 Å². The second-order valence-corrected chi connectivity index (χ2v) is 2.29. The largest absolute Gasteiger partial charge is 0.429 e. The molecule has 3 nitrogen and oxygen atoms in total. The second-order valence-electron chi connectivity index (χ2n) is 2.29. The van der Waals surface area contributed by atoms with Gasteiger partial charge in [-0.2, -0.15) is 0 Å². The van der Waals surface area contributed by atoms with Crippen molar-refractivity contribution >= 4 is 12.3 Å². The SMILES string of the molecule is CC(=O)c1ccc(OC=O)cc1. The van der Waals surface area contributed by atoms with Gasteiger partial charge in [0.1, 0.15) is 5.75 Å². The molecule has 62 valence electrons. The molecule has 0 heterocycles. The summed E-state index contributed by atoms with van der Waals surface area (Å²) >= 11 is 0. The smallest absolute Gasteiger partial charge is 0.298 e. The first-order valence-electron chi connectivity index (χ1n) is 3.45. The predicted molar refractivity (Wildman–Crippen MR) is 43.1 cm³/mol. The molecule has 1 aromatic carbocycles. The average molecular weight is 164 g/mol. The molecule has 0 atom stereocenters. The Kier molecular flexibility index (Phi) is 2.58. The normalized spacial score (nSPS) is 9.08. The fourth-order valence-electron chi connectivity index (χ4n) is 0.824. The van der Waals surface area contributed by atoms with E-state index in [1.165, 1.54) is 6.92 Å². The van der Waals surface area contributed by atoms with Gasteiger partial charge in [-0.05, 0) is 31.2 Å². The van der Waals surface area contributed by atoms with Gasteiger partial charge < -0.3 is 4.74 Å². The van der Waals surface area contributed by atoms with Crippen LogP contribution in [0.4, 0.5) is 0 Å². The highest BCUT2D eigenvalue weighted by Crippen LogP contribution is 2.11. The monoisotopic (exact) mass is 164 g/mol. The fourth-order valence-corrected chi connectivity index (χ4v) is 0.824. The zero-order valence-corrected chi connectivity index (χ0v) is 6.61. The lowest BCUT2D eigenvalue weighted by molar-refractivity contribution is -0.120. The second kappa shape index (κ2) is 3.67. The van der Waals surface area contributed by atoms with Crippen molar-refractivity contribution in [3.8, 4) is 5.75 Å². The number of Topliss-reactive ketones (excluding diaryl/α,β-unsaturated/α-hetero) is 1. The molecule has 12 heavy (non-hydrogen) atoms. The molecule has 0 fully saturated rings. The zero-order chi connectivity index (χ0) is 8.97. The number of ether oxygens (including phenoxy) is 1. The Morgan fingerprint density at radius 2 is 1.92 bits per heavy atom. The maximum absolute atomic E-state index is 10.8. The third kappa shape index (κ3) is 1.92. The lowest BCUT2D eigenvalue weighted by Gasteiger charge is -1.97. The van der Waals surface area contributed by atoms with Crippen molar-refractivity contribution in [3.05, 3.63) is 29.8 Å². The molecular weight excluding hydrogens is 156 g/mol. The number of rotatable bonds is 3. The van der Waals surface area contributed by atoms with E-state index in [2.05, 4.69) is 4.74 Å². The third-order valence-electron chi connectivity index (χ3n) is 1.45. The molecule has 0 aliphatic rings. The van der Waals surface area contributed by atoms with Crippen molar-refractivity contribution in [1.82, 2.24) is 0 Å². The van der Waals surface area contributed by atoms with E-state index in [1.54, 1.807) is 24.3 Å². The van der Waals surface area contributed by atoms with Crippen LogP contribution in [0.25, 0.3) is 0 Å². The van der Waals surface area contributed by atoms with E-state index in [9.17, 15) is 9.59 Å². The highest BCUT2D eigenvalue weighted by Gasteiger charge is 1.98. The van der Waals surface area contributed by atoms with E-state index in [0.29, 0.717) is 17.8 Å². The molecule has 0 aliphatic carbocycles. The first-order valence-corrected chi connectivity index (χ1v) is 3.45. The summed E-state index contributed by atoms with van der Waals surface area (Å²) in [5, 5.41) is 0. The van der Waals surface area contributed by atoms with Crippen LogP contribution < -0.4 is 4.74 Å². The molecule has 0 N–H and O–H groups in total. The maximum Gasteiger partial charge on any atom is 0.298 e. The zero-order valence-electron chi connectivity index (χ0n) is 6.61. The fraction of sp³-hybridized carbons (Fsp3) is 0.111. The number of benzene rings is 1. The lowest BCUT2D eigenvalue weighted by Crippen LogP contribution is -1.92. The van der Waals surface area contributed by atoms with Crippen LogP contribution in [0.2, 0.25) is 0 Å². The molecule has 3 heteroatoms. The summed E-state index contributed by atoms with van der Waals surface area (Å²) in [6.45, 7) is 1.83. The summed E-state index contributed by atoms with van der Waals surface area (Å²) in [5.74, 6) is 0.433. The average Bonchev–Trinajstić information content (AvgIpc) is 2.06. The summed E-state index contributed by atoms with van der Waals surface area (Å²) in [5.41, 5.74) is 0.605. The number of hydrogen-bond donors (Lipinski definition) is 0. The van der Waals surface area contributed by atoms with Crippen molar-refractivity contribution in [2.24, 2.45) is 0 Å². The van der Waals surface area contributed by atoms with Crippen LogP contribution >= 0.6 is 0 Å². The van der Waals surface area contributed by atoms with Crippen LogP contribution in [-0.2, 0) is 4.79 Å². The number of hydrogen-bond acceptors (Lipinski definition) is 3. The van der Waals surface area contributed by atoms with E-state index < -0.39 is 0 Å². The van der Waals surface area contributed by atoms with E-state index in [0.717, 1.165) is 0 Å². The van der Waals surface area contributed by atoms with Crippen molar-refractivity contribution in [2.45, 2.75) is 6.92 Å². The third-order valence-corrected chi connectivity index (χ3v) is 1.45. The quantitative estimate of drug-likeness (QED) is 0.501.